The summed E-state index contributed by atoms with van der Waals surface area (Å²) in [6.45, 7) is -1.05. The summed E-state index contributed by atoms with van der Waals surface area (Å²) in [4.78, 5) is 2.92. The number of ether oxygens (including phenoxy) is 1. The van der Waals surface area contributed by atoms with Crippen LogP contribution in [0.4, 0.5) is 23.2 Å². The van der Waals surface area contributed by atoms with E-state index >= 15 is 0 Å². The minimum atomic E-state index is -2.78. The van der Waals surface area contributed by atoms with Crippen molar-refractivity contribution < 1.29 is 22.3 Å². The first-order valence-electron chi connectivity index (χ1n) is 3.53. The number of nitrogen functional groups attached to an aromatic ring is 1. The van der Waals surface area contributed by atoms with Crippen molar-refractivity contribution in [3.05, 3.63) is 17.8 Å². The van der Waals surface area contributed by atoms with Gasteiger partial charge in [0.2, 0.25) is 5.95 Å². The molecule has 0 aliphatic carbocycles. The highest BCUT2D eigenvalue weighted by molar-refractivity contribution is 5.38. The van der Waals surface area contributed by atoms with E-state index in [0.717, 1.165) is 0 Å². The van der Waals surface area contributed by atoms with E-state index < -0.39 is 36.4 Å². The molecule has 0 saturated heterocycles. The van der Waals surface area contributed by atoms with Crippen LogP contribution in [0.2, 0.25) is 0 Å². The lowest BCUT2D eigenvalue weighted by atomic mass is 10.4. The number of nitrogens with two attached hydrogens (primary N) is 1. The van der Waals surface area contributed by atoms with E-state index in [1.165, 1.54) is 0 Å². The van der Waals surface area contributed by atoms with Crippen LogP contribution >= 0.6 is 0 Å². The average Bonchev–Trinajstić information content (AvgIpc) is 2.09. The van der Waals surface area contributed by atoms with Gasteiger partial charge in [-0.3, -0.25) is 0 Å². The maximum absolute atomic E-state index is 12.8. The second kappa shape index (κ2) is 4.12. The van der Waals surface area contributed by atoms with Gasteiger partial charge in [-0.25, -0.2) is 13.2 Å². The SMILES string of the molecule is Nc1cc(F)c(OCC(F)F)nc1F. The molecule has 0 aliphatic rings. The van der Waals surface area contributed by atoms with Crippen LogP contribution in [0.3, 0.4) is 0 Å². The van der Waals surface area contributed by atoms with E-state index in [1.54, 1.807) is 0 Å². The van der Waals surface area contributed by atoms with Gasteiger partial charge in [0, 0.05) is 6.07 Å². The lowest BCUT2D eigenvalue weighted by molar-refractivity contribution is 0.0768. The van der Waals surface area contributed by atoms with Crippen LogP contribution in [0.15, 0.2) is 6.07 Å². The first-order valence-corrected chi connectivity index (χ1v) is 3.53. The quantitative estimate of drug-likeness (QED) is 0.608. The number of hydrogen-bond acceptors (Lipinski definition) is 3. The molecular formula is C7H6F4N2O. The van der Waals surface area contributed by atoms with Crippen LogP contribution in [0.25, 0.3) is 0 Å². The number of aromatic nitrogens is 1. The van der Waals surface area contributed by atoms with Gasteiger partial charge < -0.3 is 10.5 Å². The van der Waals surface area contributed by atoms with E-state index in [9.17, 15) is 17.6 Å². The Hall–Kier alpha value is -1.53. The van der Waals surface area contributed by atoms with Gasteiger partial charge in [0.05, 0.1) is 5.69 Å². The van der Waals surface area contributed by atoms with Crippen molar-refractivity contribution in [1.82, 2.24) is 4.98 Å². The molecule has 2 N–H and O–H groups in total. The summed E-state index contributed by atoms with van der Waals surface area (Å²) in [6.07, 6.45) is -2.78. The Morgan fingerprint density at radius 2 is 2.07 bits per heavy atom. The number of nitrogens with zero attached hydrogens (tertiary/aromatic N) is 1. The lowest BCUT2D eigenvalue weighted by Gasteiger charge is -2.05. The molecule has 1 rings (SSSR count). The smallest absolute Gasteiger partial charge is 0.272 e. The summed E-state index contributed by atoms with van der Waals surface area (Å²) in [5.41, 5.74) is 4.46. The van der Waals surface area contributed by atoms with Crippen LogP contribution in [-0.2, 0) is 0 Å². The summed E-state index contributed by atoms with van der Waals surface area (Å²) in [6, 6.07) is 0.614. The summed E-state index contributed by atoms with van der Waals surface area (Å²) >= 11 is 0. The van der Waals surface area contributed by atoms with Crippen LogP contribution in [0.1, 0.15) is 0 Å². The second-order valence-corrected chi connectivity index (χ2v) is 2.36. The fourth-order valence-corrected chi connectivity index (χ4v) is 0.708. The first-order chi connectivity index (χ1) is 6.50. The van der Waals surface area contributed by atoms with Gasteiger partial charge in [-0.15, -0.1) is 0 Å². The summed E-state index contributed by atoms with van der Waals surface area (Å²) in [5, 5.41) is 0. The van der Waals surface area contributed by atoms with E-state index in [-0.39, 0.29) is 0 Å². The van der Waals surface area contributed by atoms with Crippen LogP contribution < -0.4 is 10.5 Å². The largest absolute Gasteiger partial charge is 0.469 e. The molecule has 1 heterocycles. The second-order valence-electron chi connectivity index (χ2n) is 2.36. The van der Waals surface area contributed by atoms with Gasteiger partial charge >= 0.3 is 0 Å². The normalized spacial score (nSPS) is 10.6. The standard InChI is InChI=1S/C7H6F4N2O/c8-3-1-4(12)6(11)13-7(3)14-2-5(9)10/h1,5H,2,12H2. The third-order valence-corrected chi connectivity index (χ3v) is 1.27. The van der Waals surface area contributed by atoms with Crippen molar-refractivity contribution in [3.63, 3.8) is 0 Å². The van der Waals surface area contributed by atoms with E-state index in [1.807, 2.05) is 0 Å². The number of rotatable bonds is 3. The maximum Gasteiger partial charge on any atom is 0.272 e. The van der Waals surface area contributed by atoms with Gasteiger partial charge in [-0.1, -0.05) is 0 Å². The molecule has 0 bridgehead atoms. The lowest BCUT2D eigenvalue weighted by Crippen LogP contribution is -2.10. The van der Waals surface area contributed by atoms with Crippen LogP contribution in [0.5, 0.6) is 5.88 Å². The third-order valence-electron chi connectivity index (χ3n) is 1.27. The highest BCUT2D eigenvalue weighted by Crippen LogP contribution is 2.19. The Morgan fingerprint density at radius 3 is 2.64 bits per heavy atom. The zero-order valence-corrected chi connectivity index (χ0v) is 6.81. The monoisotopic (exact) mass is 210 g/mol. The molecule has 0 atom stereocenters. The molecule has 0 amide bonds. The highest BCUT2D eigenvalue weighted by Gasteiger charge is 2.12. The van der Waals surface area contributed by atoms with Gasteiger partial charge in [0.25, 0.3) is 12.3 Å². The minimum absolute atomic E-state index is 0.508. The van der Waals surface area contributed by atoms with Gasteiger partial charge in [-0.05, 0) is 0 Å². The van der Waals surface area contributed by atoms with Crippen molar-refractivity contribution >= 4 is 5.69 Å². The maximum atomic E-state index is 12.8. The van der Waals surface area contributed by atoms with Crippen molar-refractivity contribution in [1.29, 1.82) is 0 Å². The molecule has 0 unspecified atom stereocenters. The average molecular weight is 210 g/mol. The molecule has 78 valence electrons. The molecule has 7 heteroatoms. The van der Waals surface area contributed by atoms with Crippen molar-refractivity contribution in [2.45, 2.75) is 6.43 Å². The zero-order valence-electron chi connectivity index (χ0n) is 6.81. The Kier molecular flexibility index (Phi) is 3.10. The predicted molar refractivity (Wildman–Crippen MR) is 40.1 cm³/mol. The number of alkyl halides is 2. The molecule has 0 spiro atoms. The highest BCUT2D eigenvalue weighted by atomic mass is 19.3. The van der Waals surface area contributed by atoms with Crippen molar-refractivity contribution in [2.75, 3.05) is 12.3 Å². The number of hydrogen-bond donors (Lipinski definition) is 1. The number of halogens is 4. The van der Waals surface area contributed by atoms with E-state index in [4.69, 9.17) is 5.73 Å². The fourth-order valence-electron chi connectivity index (χ4n) is 0.708. The minimum Gasteiger partial charge on any atom is -0.469 e. The molecule has 1 aromatic heterocycles. The molecule has 14 heavy (non-hydrogen) atoms. The number of pyridine rings is 1. The van der Waals surface area contributed by atoms with Gasteiger partial charge in [0.1, 0.15) is 0 Å². The number of anilines is 1. The molecule has 0 saturated carbocycles. The van der Waals surface area contributed by atoms with Gasteiger partial charge in [-0.2, -0.15) is 9.37 Å². The van der Waals surface area contributed by atoms with Crippen LogP contribution in [0, 0.1) is 11.8 Å². The van der Waals surface area contributed by atoms with Crippen molar-refractivity contribution in [2.24, 2.45) is 0 Å². The van der Waals surface area contributed by atoms with E-state index in [2.05, 4.69) is 9.72 Å². The Bertz CT molecular complexity index is 332. The first kappa shape index (κ1) is 10.6. The molecule has 0 radical (unpaired) electrons. The topological polar surface area (TPSA) is 48.1 Å². The Labute approximate surface area is 76.5 Å². The Balaban J connectivity index is 2.82. The summed E-state index contributed by atoms with van der Waals surface area (Å²) in [5.74, 6) is -3.06. The molecule has 0 aromatic carbocycles. The molecular weight excluding hydrogens is 204 g/mol. The fraction of sp³-hybridized carbons (Fsp3) is 0.286. The summed E-state index contributed by atoms with van der Waals surface area (Å²) in [7, 11) is 0. The molecule has 0 aliphatic heterocycles. The zero-order chi connectivity index (χ0) is 10.7. The van der Waals surface area contributed by atoms with Gasteiger partial charge in [0.15, 0.2) is 12.4 Å². The van der Waals surface area contributed by atoms with E-state index in [0.29, 0.717) is 6.07 Å². The van der Waals surface area contributed by atoms with Crippen molar-refractivity contribution in [3.8, 4) is 5.88 Å². The molecule has 1 aromatic rings. The van der Waals surface area contributed by atoms with Crippen LogP contribution in [-0.4, -0.2) is 18.0 Å². The summed E-state index contributed by atoms with van der Waals surface area (Å²) < 4.78 is 52.9. The molecule has 3 nitrogen and oxygen atoms in total. The predicted octanol–water partition coefficient (Wildman–Crippen LogP) is 1.59. The molecule has 0 fully saturated rings. The Morgan fingerprint density at radius 1 is 1.43 bits per heavy atom. The third kappa shape index (κ3) is 2.48.